The van der Waals surface area contributed by atoms with Crippen LogP contribution in [-0.4, -0.2) is 11.6 Å². The van der Waals surface area contributed by atoms with Crippen molar-refractivity contribution in [2.24, 2.45) is 16.7 Å². The van der Waals surface area contributed by atoms with Gasteiger partial charge in [-0.2, -0.15) is 0 Å². The maximum absolute atomic E-state index is 11.7. The van der Waals surface area contributed by atoms with Crippen LogP contribution in [0.1, 0.15) is 41.0 Å². The van der Waals surface area contributed by atoms with Gasteiger partial charge in [-0.25, -0.2) is 0 Å². The fraction of sp³-hybridized carbons (Fsp3) is 0.818. The fourth-order valence-corrected chi connectivity index (χ4v) is 2.22. The molecule has 0 aromatic rings. The molecule has 1 atom stereocenters. The molecule has 0 heterocycles. The summed E-state index contributed by atoms with van der Waals surface area (Å²) in [4.78, 5) is 23.3. The Hall–Kier alpha value is -0.660. The van der Waals surface area contributed by atoms with Crippen LogP contribution in [0, 0.1) is 16.7 Å². The summed E-state index contributed by atoms with van der Waals surface area (Å²) >= 11 is 0. The molecule has 1 aliphatic carbocycles. The van der Waals surface area contributed by atoms with Crippen LogP contribution >= 0.6 is 0 Å². The molecule has 2 heteroatoms. The van der Waals surface area contributed by atoms with Crippen molar-refractivity contribution in [3.63, 3.8) is 0 Å². The van der Waals surface area contributed by atoms with Gasteiger partial charge in [0.05, 0.1) is 0 Å². The molecular weight excluding hydrogens is 164 g/mol. The van der Waals surface area contributed by atoms with Gasteiger partial charge in [0.2, 0.25) is 11.6 Å². The number of ketones is 2. The van der Waals surface area contributed by atoms with E-state index in [4.69, 9.17) is 0 Å². The van der Waals surface area contributed by atoms with Crippen LogP contribution in [0.2, 0.25) is 0 Å². The molecule has 0 aromatic heterocycles. The molecule has 1 aliphatic rings. The SMILES string of the molecule is CC[C@@H]1C(=O)C(=O)C(C)(C)C1(C)C. The maximum Gasteiger partial charge on any atom is 0.204 e. The van der Waals surface area contributed by atoms with Gasteiger partial charge < -0.3 is 0 Å². The predicted octanol–water partition coefficient (Wildman–Crippen LogP) is 2.22. The molecule has 1 rings (SSSR count). The minimum Gasteiger partial charge on any atom is -0.291 e. The van der Waals surface area contributed by atoms with Crippen molar-refractivity contribution in [3.05, 3.63) is 0 Å². The van der Waals surface area contributed by atoms with Gasteiger partial charge >= 0.3 is 0 Å². The van der Waals surface area contributed by atoms with Crippen molar-refractivity contribution >= 4 is 11.6 Å². The van der Waals surface area contributed by atoms with Crippen LogP contribution in [0.4, 0.5) is 0 Å². The van der Waals surface area contributed by atoms with Crippen molar-refractivity contribution in [2.45, 2.75) is 41.0 Å². The van der Waals surface area contributed by atoms with Gasteiger partial charge in [-0.05, 0) is 11.8 Å². The van der Waals surface area contributed by atoms with Crippen LogP contribution in [0.5, 0.6) is 0 Å². The summed E-state index contributed by atoms with van der Waals surface area (Å²) in [6.07, 6.45) is 0.765. The highest BCUT2D eigenvalue weighted by molar-refractivity contribution is 6.42. The van der Waals surface area contributed by atoms with Crippen molar-refractivity contribution in [1.29, 1.82) is 0 Å². The van der Waals surface area contributed by atoms with Crippen molar-refractivity contribution in [3.8, 4) is 0 Å². The number of carbonyl (C=O) groups is 2. The van der Waals surface area contributed by atoms with E-state index in [1.807, 2.05) is 34.6 Å². The molecule has 13 heavy (non-hydrogen) atoms. The van der Waals surface area contributed by atoms with Crippen LogP contribution in [0.25, 0.3) is 0 Å². The Balaban J connectivity index is 3.21. The van der Waals surface area contributed by atoms with Gasteiger partial charge in [0.15, 0.2) is 0 Å². The van der Waals surface area contributed by atoms with E-state index in [0.717, 1.165) is 6.42 Å². The highest BCUT2D eigenvalue weighted by Crippen LogP contribution is 2.52. The Bertz CT molecular complexity index is 261. The molecule has 0 saturated heterocycles. The summed E-state index contributed by atoms with van der Waals surface area (Å²) < 4.78 is 0. The Kier molecular flexibility index (Phi) is 2.13. The standard InChI is InChI=1S/C11H18O2/c1-6-7-8(12)9(13)11(4,5)10(7,2)3/h7H,6H2,1-5H3/t7-/m1/s1. The van der Waals surface area contributed by atoms with Gasteiger partial charge in [0, 0.05) is 11.3 Å². The molecule has 0 radical (unpaired) electrons. The largest absolute Gasteiger partial charge is 0.291 e. The topological polar surface area (TPSA) is 34.1 Å². The van der Waals surface area contributed by atoms with E-state index >= 15 is 0 Å². The molecule has 0 bridgehead atoms. The van der Waals surface area contributed by atoms with Crippen LogP contribution in [0.3, 0.4) is 0 Å². The lowest BCUT2D eigenvalue weighted by atomic mass is 9.66. The van der Waals surface area contributed by atoms with Crippen molar-refractivity contribution < 1.29 is 9.59 Å². The number of rotatable bonds is 1. The van der Waals surface area contributed by atoms with Crippen LogP contribution in [-0.2, 0) is 9.59 Å². The smallest absolute Gasteiger partial charge is 0.204 e. The molecule has 0 N–H and O–H groups in total. The molecule has 0 aliphatic heterocycles. The van der Waals surface area contributed by atoms with Gasteiger partial charge in [0.1, 0.15) is 0 Å². The van der Waals surface area contributed by atoms with E-state index in [9.17, 15) is 9.59 Å². The third-order valence-electron chi connectivity index (χ3n) is 4.00. The van der Waals surface area contributed by atoms with Crippen molar-refractivity contribution in [1.82, 2.24) is 0 Å². The summed E-state index contributed by atoms with van der Waals surface area (Å²) in [7, 11) is 0. The van der Waals surface area contributed by atoms with E-state index in [2.05, 4.69) is 0 Å². The van der Waals surface area contributed by atoms with Crippen LogP contribution in [0.15, 0.2) is 0 Å². The average molecular weight is 182 g/mol. The molecule has 0 aromatic carbocycles. The lowest BCUT2D eigenvalue weighted by Crippen LogP contribution is -2.34. The monoisotopic (exact) mass is 182 g/mol. The van der Waals surface area contributed by atoms with Gasteiger partial charge in [-0.3, -0.25) is 9.59 Å². The summed E-state index contributed by atoms with van der Waals surface area (Å²) in [5.41, 5.74) is -0.694. The van der Waals surface area contributed by atoms with Crippen molar-refractivity contribution in [2.75, 3.05) is 0 Å². The zero-order chi connectivity index (χ0) is 10.4. The minimum absolute atomic E-state index is 0.0880. The molecular formula is C11H18O2. The Morgan fingerprint density at radius 2 is 1.62 bits per heavy atom. The zero-order valence-electron chi connectivity index (χ0n) is 9.10. The summed E-state index contributed by atoms with van der Waals surface area (Å²) in [5.74, 6) is -0.447. The molecule has 1 saturated carbocycles. The first kappa shape index (κ1) is 10.4. The maximum atomic E-state index is 11.7. The van der Waals surface area contributed by atoms with E-state index in [-0.39, 0.29) is 22.9 Å². The van der Waals surface area contributed by atoms with E-state index in [1.54, 1.807) is 0 Å². The number of Topliss-reactive ketones (excluding diaryl/α,β-unsaturated/α-hetero) is 2. The molecule has 0 unspecified atom stereocenters. The predicted molar refractivity (Wildman–Crippen MR) is 51.4 cm³/mol. The normalized spacial score (nSPS) is 31.0. The first-order valence-electron chi connectivity index (χ1n) is 4.85. The molecule has 74 valence electrons. The summed E-state index contributed by atoms with van der Waals surface area (Å²) in [5, 5.41) is 0. The minimum atomic E-state index is -0.495. The number of carbonyl (C=O) groups excluding carboxylic acids is 2. The van der Waals surface area contributed by atoms with Gasteiger partial charge in [0.25, 0.3) is 0 Å². The first-order valence-corrected chi connectivity index (χ1v) is 4.85. The Morgan fingerprint density at radius 3 is 1.77 bits per heavy atom. The second-order valence-corrected chi connectivity index (χ2v) is 5.00. The van der Waals surface area contributed by atoms with Gasteiger partial charge in [-0.15, -0.1) is 0 Å². The second-order valence-electron chi connectivity index (χ2n) is 5.00. The third-order valence-corrected chi connectivity index (χ3v) is 4.00. The zero-order valence-corrected chi connectivity index (χ0v) is 9.10. The highest BCUT2D eigenvalue weighted by Gasteiger charge is 2.58. The summed E-state index contributed by atoms with van der Waals surface area (Å²) in [6.45, 7) is 9.76. The lowest BCUT2D eigenvalue weighted by molar-refractivity contribution is -0.139. The Morgan fingerprint density at radius 1 is 1.15 bits per heavy atom. The Labute approximate surface area is 79.7 Å². The quantitative estimate of drug-likeness (QED) is 0.583. The highest BCUT2D eigenvalue weighted by atomic mass is 16.2. The van der Waals surface area contributed by atoms with Crippen LogP contribution < -0.4 is 0 Å². The number of hydrogen-bond acceptors (Lipinski definition) is 2. The molecule has 1 fully saturated rings. The molecule has 2 nitrogen and oxygen atoms in total. The van der Waals surface area contributed by atoms with E-state index in [0.29, 0.717) is 0 Å². The average Bonchev–Trinajstić information content (AvgIpc) is 2.12. The second kappa shape index (κ2) is 2.66. The first-order chi connectivity index (χ1) is 5.76. The van der Waals surface area contributed by atoms with E-state index in [1.165, 1.54) is 0 Å². The third kappa shape index (κ3) is 1.07. The fourth-order valence-electron chi connectivity index (χ4n) is 2.22. The van der Waals surface area contributed by atoms with Gasteiger partial charge in [-0.1, -0.05) is 34.6 Å². The molecule has 0 spiro atoms. The van der Waals surface area contributed by atoms with E-state index < -0.39 is 5.41 Å². The summed E-state index contributed by atoms with van der Waals surface area (Å²) in [6, 6.07) is 0. The molecule has 0 amide bonds. The number of hydrogen-bond donors (Lipinski definition) is 0. The lowest BCUT2D eigenvalue weighted by Gasteiger charge is -2.35.